The van der Waals surface area contributed by atoms with Gasteiger partial charge in [0.05, 0.1) is 12.0 Å². The van der Waals surface area contributed by atoms with E-state index < -0.39 is 6.04 Å². The molecule has 5 rings (SSSR count). The summed E-state index contributed by atoms with van der Waals surface area (Å²) in [6.07, 6.45) is 2.83. The molecule has 2 aromatic heterocycles. The van der Waals surface area contributed by atoms with Crippen molar-refractivity contribution in [2.45, 2.75) is 38.9 Å². The van der Waals surface area contributed by atoms with Crippen molar-refractivity contribution in [3.8, 4) is 0 Å². The number of fused-ring (bicyclic) bond motifs is 2. The molecule has 160 valence electrons. The monoisotopic (exact) mass is 436 g/mol. The van der Waals surface area contributed by atoms with Gasteiger partial charge in [-0.1, -0.05) is 31.2 Å². The lowest BCUT2D eigenvalue weighted by atomic mass is 9.93. The van der Waals surface area contributed by atoms with Crippen molar-refractivity contribution in [3.63, 3.8) is 0 Å². The fraction of sp³-hybridized carbons (Fsp3) is 0.348. The zero-order valence-electron chi connectivity index (χ0n) is 17.3. The SMILES string of the molecule is CCN1CCc2nc(NC(=O)C3Cc4ccccc4CN3C(=O)c3ccco3)sc2C1. The topological polar surface area (TPSA) is 78.7 Å². The van der Waals surface area contributed by atoms with Gasteiger partial charge in [-0.15, -0.1) is 11.3 Å². The van der Waals surface area contributed by atoms with E-state index in [9.17, 15) is 9.59 Å². The second-order valence-electron chi connectivity index (χ2n) is 7.90. The minimum Gasteiger partial charge on any atom is -0.459 e. The summed E-state index contributed by atoms with van der Waals surface area (Å²) in [4.78, 5) is 36.3. The van der Waals surface area contributed by atoms with E-state index in [-0.39, 0.29) is 17.6 Å². The molecule has 0 spiro atoms. The van der Waals surface area contributed by atoms with E-state index in [0.717, 1.165) is 42.9 Å². The molecule has 2 aliphatic heterocycles. The first kappa shape index (κ1) is 20.0. The number of aromatic nitrogens is 1. The van der Waals surface area contributed by atoms with Gasteiger partial charge in [0.15, 0.2) is 10.9 Å². The number of furan rings is 1. The van der Waals surface area contributed by atoms with Gasteiger partial charge >= 0.3 is 0 Å². The van der Waals surface area contributed by atoms with Gasteiger partial charge < -0.3 is 14.6 Å². The Labute approximate surface area is 184 Å². The third kappa shape index (κ3) is 3.88. The van der Waals surface area contributed by atoms with E-state index in [1.165, 1.54) is 22.5 Å². The molecule has 0 aliphatic carbocycles. The molecule has 2 aliphatic rings. The maximum Gasteiger partial charge on any atom is 0.290 e. The van der Waals surface area contributed by atoms with Crippen molar-refractivity contribution < 1.29 is 14.0 Å². The predicted molar refractivity (Wildman–Crippen MR) is 118 cm³/mol. The van der Waals surface area contributed by atoms with Crippen LogP contribution < -0.4 is 5.32 Å². The molecular formula is C23H24N4O3S. The Bertz CT molecular complexity index is 1110. The summed E-state index contributed by atoms with van der Waals surface area (Å²) in [6, 6.07) is 10.6. The minimum absolute atomic E-state index is 0.215. The molecule has 0 saturated heterocycles. The summed E-state index contributed by atoms with van der Waals surface area (Å²) in [5, 5.41) is 3.60. The van der Waals surface area contributed by atoms with Gasteiger partial charge in [0.25, 0.3) is 5.91 Å². The Kier molecular flexibility index (Phi) is 5.33. The number of anilines is 1. The number of amides is 2. The molecule has 2 amide bonds. The zero-order valence-corrected chi connectivity index (χ0v) is 18.2. The smallest absolute Gasteiger partial charge is 0.290 e. The second kappa shape index (κ2) is 8.28. The molecule has 1 aromatic carbocycles. The maximum atomic E-state index is 13.3. The summed E-state index contributed by atoms with van der Waals surface area (Å²) >= 11 is 1.53. The first-order valence-corrected chi connectivity index (χ1v) is 11.4. The summed E-state index contributed by atoms with van der Waals surface area (Å²) in [7, 11) is 0. The number of thiazole rings is 1. The summed E-state index contributed by atoms with van der Waals surface area (Å²) < 4.78 is 5.32. The zero-order chi connectivity index (χ0) is 21.4. The molecule has 1 unspecified atom stereocenters. The molecule has 0 bridgehead atoms. The summed E-state index contributed by atoms with van der Waals surface area (Å²) in [5.41, 5.74) is 3.21. The molecule has 0 radical (unpaired) electrons. The van der Waals surface area contributed by atoms with Gasteiger partial charge in [0, 0.05) is 37.4 Å². The summed E-state index contributed by atoms with van der Waals surface area (Å²) in [6.45, 7) is 5.39. The lowest BCUT2D eigenvalue weighted by Gasteiger charge is -2.35. The number of rotatable bonds is 4. The fourth-order valence-electron chi connectivity index (χ4n) is 4.27. The summed E-state index contributed by atoms with van der Waals surface area (Å²) in [5.74, 6) is -0.258. The normalized spacial score (nSPS) is 18.4. The average Bonchev–Trinajstić information content (AvgIpc) is 3.46. The predicted octanol–water partition coefficient (Wildman–Crippen LogP) is 3.32. The number of likely N-dealkylation sites (N-methyl/N-ethyl adjacent to an activating group) is 1. The van der Waals surface area contributed by atoms with Gasteiger partial charge in [-0.05, 0) is 29.8 Å². The van der Waals surface area contributed by atoms with Gasteiger partial charge in [-0.25, -0.2) is 4.98 Å². The molecular weight excluding hydrogens is 412 g/mol. The highest BCUT2D eigenvalue weighted by molar-refractivity contribution is 7.15. The fourth-order valence-corrected chi connectivity index (χ4v) is 5.33. The lowest BCUT2D eigenvalue weighted by molar-refractivity contribution is -0.121. The second-order valence-corrected chi connectivity index (χ2v) is 8.98. The Morgan fingerprint density at radius 3 is 2.81 bits per heavy atom. The molecule has 8 heteroatoms. The highest BCUT2D eigenvalue weighted by Gasteiger charge is 2.36. The first-order chi connectivity index (χ1) is 15.1. The van der Waals surface area contributed by atoms with E-state index in [2.05, 4.69) is 22.1 Å². The van der Waals surface area contributed by atoms with Crippen molar-refractivity contribution in [2.24, 2.45) is 0 Å². The highest BCUT2D eigenvalue weighted by Crippen LogP contribution is 2.30. The molecule has 3 aromatic rings. The van der Waals surface area contributed by atoms with Crippen molar-refractivity contribution in [3.05, 3.63) is 70.1 Å². The van der Waals surface area contributed by atoms with Crippen LogP contribution in [0.15, 0.2) is 47.1 Å². The molecule has 4 heterocycles. The molecule has 1 atom stereocenters. The Morgan fingerprint density at radius 1 is 1.19 bits per heavy atom. The number of benzene rings is 1. The maximum absolute atomic E-state index is 13.3. The Hall–Kier alpha value is -2.97. The third-order valence-electron chi connectivity index (χ3n) is 6.03. The number of hydrogen-bond donors (Lipinski definition) is 1. The van der Waals surface area contributed by atoms with E-state index in [0.29, 0.717) is 18.1 Å². The number of hydrogen-bond acceptors (Lipinski definition) is 6. The van der Waals surface area contributed by atoms with Crippen molar-refractivity contribution in [1.82, 2.24) is 14.8 Å². The molecule has 1 N–H and O–H groups in total. The average molecular weight is 437 g/mol. The number of nitrogens with zero attached hydrogens (tertiary/aromatic N) is 3. The molecule has 7 nitrogen and oxygen atoms in total. The van der Waals surface area contributed by atoms with E-state index in [4.69, 9.17) is 4.42 Å². The van der Waals surface area contributed by atoms with Crippen LogP contribution in [0.25, 0.3) is 0 Å². The third-order valence-corrected chi connectivity index (χ3v) is 7.03. The van der Waals surface area contributed by atoms with Gasteiger partial charge in [0.2, 0.25) is 5.91 Å². The van der Waals surface area contributed by atoms with Crippen molar-refractivity contribution in [1.29, 1.82) is 0 Å². The van der Waals surface area contributed by atoms with Gasteiger partial charge in [0.1, 0.15) is 6.04 Å². The minimum atomic E-state index is -0.624. The van der Waals surface area contributed by atoms with Crippen LogP contribution >= 0.6 is 11.3 Å². The first-order valence-electron chi connectivity index (χ1n) is 10.6. The quantitative estimate of drug-likeness (QED) is 0.679. The van der Waals surface area contributed by atoms with Crippen molar-refractivity contribution in [2.75, 3.05) is 18.4 Å². The number of carbonyl (C=O) groups is 2. The van der Waals surface area contributed by atoms with Crippen LogP contribution in [0.4, 0.5) is 5.13 Å². The van der Waals surface area contributed by atoms with Gasteiger partial charge in [-0.3, -0.25) is 14.5 Å². The largest absolute Gasteiger partial charge is 0.459 e. The Balaban J connectivity index is 1.39. The highest BCUT2D eigenvalue weighted by atomic mass is 32.1. The molecule has 0 fully saturated rings. The molecule has 31 heavy (non-hydrogen) atoms. The van der Waals surface area contributed by atoms with Crippen LogP contribution in [-0.4, -0.2) is 45.7 Å². The molecule has 0 saturated carbocycles. The van der Waals surface area contributed by atoms with Gasteiger partial charge in [-0.2, -0.15) is 0 Å². The standard InChI is InChI=1S/C23H24N4O3S/c1-2-26-10-9-17-20(14-26)31-23(24-17)25-21(28)18-12-15-6-3-4-7-16(15)13-27(18)22(29)19-8-5-11-30-19/h3-8,11,18H,2,9-10,12-14H2,1H3,(H,24,25,28). The number of nitrogens with one attached hydrogen (secondary N) is 1. The van der Waals surface area contributed by atoms with E-state index >= 15 is 0 Å². The lowest BCUT2D eigenvalue weighted by Crippen LogP contribution is -2.50. The number of carbonyl (C=O) groups excluding carboxylic acids is 2. The Morgan fingerprint density at radius 2 is 2.03 bits per heavy atom. The van der Waals surface area contributed by atoms with Crippen LogP contribution in [0.2, 0.25) is 0 Å². The van der Waals surface area contributed by atoms with E-state index in [1.54, 1.807) is 17.0 Å². The van der Waals surface area contributed by atoms with Crippen LogP contribution in [0.3, 0.4) is 0 Å². The van der Waals surface area contributed by atoms with Crippen LogP contribution in [-0.2, 0) is 30.7 Å². The van der Waals surface area contributed by atoms with Crippen molar-refractivity contribution >= 4 is 28.3 Å². The van der Waals surface area contributed by atoms with Crippen LogP contribution in [0, 0.1) is 0 Å². The van der Waals surface area contributed by atoms with Crippen LogP contribution in [0.5, 0.6) is 0 Å². The van der Waals surface area contributed by atoms with Crippen LogP contribution in [0.1, 0.15) is 39.2 Å². The van der Waals surface area contributed by atoms with E-state index in [1.807, 2.05) is 24.3 Å².